The van der Waals surface area contributed by atoms with Gasteiger partial charge in [0.05, 0.1) is 22.4 Å². The molecule has 0 spiro atoms. The molecule has 1 N–H and O–H groups in total. The zero-order valence-electron chi connectivity index (χ0n) is 17.7. The van der Waals surface area contributed by atoms with Crippen molar-refractivity contribution in [2.24, 2.45) is 0 Å². The third-order valence-corrected chi connectivity index (χ3v) is 5.55. The largest absolute Gasteiger partial charge is 0.416 e. The fraction of sp³-hybridized carbons (Fsp3) is 0.286. The lowest BCUT2D eigenvalue weighted by molar-refractivity contribution is -0.143. The van der Waals surface area contributed by atoms with E-state index in [2.05, 4.69) is 5.32 Å². The molecule has 0 saturated carbocycles. The predicted molar refractivity (Wildman–Crippen MR) is 113 cm³/mol. The lowest BCUT2D eigenvalue weighted by atomic mass is 10.0. The number of rotatable bonds is 3. The van der Waals surface area contributed by atoms with Crippen molar-refractivity contribution in [2.75, 3.05) is 16.8 Å². The number of benzene rings is 2. The second-order valence-electron chi connectivity index (χ2n) is 7.82. The van der Waals surface area contributed by atoms with E-state index in [9.17, 15) is 40.3 Å². The van der Waals surface area contributed by atoms with Gasteiger partial charge in [-0.15, -0.1) is 0 Å². The molecule has 0 atom stereocenters. The number of nitrogens with zero attached hydrogens (tertiary/aromatic N) is 2. The highest BCUT2D eigenvalue weighted by Gasteiger charge is 2.51. The number of carbonyl (C=O) groups excluding carboxylic acids is 2. The first-order valence-electron chi connectivity index (χ1n) is 9.50. The number of alkyl halides is 6. The van der Waals surface area contributed by atoms with Crippen LogP contribution in [0.2, 0.25) is 0 Å². The summed E-state index contributed by atoms with van der Waals surface area (Å²) < 4.78 is 94.3. The summed E-state index contributed by atoms with van der Waals surface area (Å²) in [7, 11) is 1.29. The van der Waals surface area contributed by atoms with Crippen LogP contribution in [0.4, 0.5) is 42.1 Å². The van der Waals surface area contributed by atoms with E-state index < -0.39 is 57.4 Å². The molecule has 2 amide bonds. The Labute approximate surface area is 194 Å². The SMILES string of the molecule is CNC(=O)c1ccc(N2C(=S)N(c3cc(C(F)(F)F)cc(C(F)(F)F)c3)C(=O)C2(C)C)cc1F. The Hall–Kier alpha value is -3.22. The van der Waals surface area contributed by atoms with Gasteiger partial charge in [-0.2, -0.15) is 26.3 Å². The number of carbonyl (C=O) groups is 2. The summed E-state index contributed by atoms with van der Waals surface area (Å²) >= 11 is 5.24. The third kappa shape index (κ3) is 4.31. The number of hydrogen-bond acceptors (Lipinski definition) is 3. The topological polar surface area (TPSA) is 52.7 Å². The Bertz CT molecular complexity index is 1160. The molecule has 0 unspecified atom stereocenters. The highest BCUT2D eigenvalue weighted by molar-refractivity contribution is 7.81. The van der Waals surface area contributed by atoms with E-state index in [0.717, 1.165) is 17.0 Å². The van der Waals surface area contributed by atoms with Gasteiger partial charge in [0.1, 0.15) is 11.4 Å². The van der Waals surface area contributed by atoms with Crippen LogP contribution in [0.1, 0.15) is 35.3 Å². The number of nitrogens with one attached hydrogen (secondary N) is 1. The highest BCUT2D eigenvalue weighted by Crippen LogP contribution is 2.42. The molecule has 0 aromatic heterocycles. The van der Waals surface area contributed by atoms with E-state index >= 15 is 0 Å². The first kappa shape index (κ1) is 25.4. The molecule has 2 aromatic rings. The first-order valence-corrected chi connectivity index (χ1v) is 9.91. The summed E-state index contributed by atoms with van der Waals surface area (Å²) in [4.78, 5) is 26.5. The number of thiocarbonyl (C=S) groups is 1. The van der Waals surface area contributed by atoms with E-state index in [1.807, 2.05) is 0 Å². The van der Waals surface area contributed by atoms with Crippen molar-refractivity contribution in [2.45, 2.75) is 31.7 Å². The summed E-state index contributed by atoms with van der Waals surface area (Å²) in [5, 5.41) is 1.78. The maximum atomic E-state index is 14.5. The molecule has 13 heteroatoms. The van der Waals surface area contributed by atoms with Crippen molar-refractivity contribution in [1.29, 1.82) is 0 Å². The second kappa shape index (κ2) is 8.22. The molecular weight excluding hydrogens is 491 g/mol. The minimum atomic E-state index is -5.13. The Kier molecular flexibility index (Phi) is 6.14. The van der Waals surface area contributed by atoms with E-state index in [4.69, 9.17) is 12.2 Å². The van der Waals surface area contributed by atoms with Gasteiger partial charge < -0.3 is 10.2 Å². The van der Waals surface area contributed by atoms with Gasteiger partial charge in [-0.05, 0) is 62.5 Å². The van der Waals surface area contributed by atoms with E-state index in [1.54, 1.807) is 0 Å². The monoisotopic (exact) mass is 507 g/mol. The Balaban J connectivity index is 2.15. The van der Waals surface area contributed by atoms with Crippen molar-refractivity contribution < 1.29 is 40.3 Å². The average Bonchev–Trinajstić information content (AvgIpc) is 2.89. The zero-order valence-corrected chi connectivity index (χ0v) is 18.5. The molecule has 2 aromatic carbocycles. The number of anilines is 2. The van der Waals surface area contributed by atoms with Crippen molar-refractivity contribution in [3.05, 3.63) is 58.9 Å². The molecular formula is C21H16F7N3O2S. The second-order valence-corrected chi connectivity index (χ2v) is 8.19. The highest BCUT2D eigenvalue weighted by atomic mass is 32.1. The zero-order chi connectivity index (χ0) is 25.8. The van der Waals surface area contributed by atoms with Gasteiger partial charge >= 0.3 is 12.4 Å². The van der Waals surface area contributed by atoms with Crippen LogP contribution < -0.4 is 15.1 Å². The minimum absolute atomic E-state index is 0.0287. The van der Waals surface area contributed by atoms with E-state index in [0.29, 0.717) is 17.0 Å². The maximum Gasteiger partial charge on any atom is 0.416 e. The van der Waals surface area contributed by atoms with Gasteiger partial charge in [-0.25, -0.2) is 4.39 Å². The van der Waals surface area contributed by atoms with Crippen molar-refractivity contribution >= 4 is 40.5 Å². The van der Waals surface area contributed by atoms with Crippen LogP contribution >= 0.6 is 12.2 Å². The normalized spacial score (nSPS) is 16.3. The lowest BCUT2D eigenvalue weighted by Gasteiger charge is -2.29. The average molecular weight is 507 g/mol. The fourth-order valence-electron chi connectivity index (χ4n) is 3.49. The van der Waals surface area contributed by atoms with Crippen LogP contribution in [-0.4, -0.2) is 29.5 Å². The minimum Gasteiger partial charge on any atom is -0.355 e. The molecule has 3 rings (SSSR count). The summed E-state index contributed by atoms with van der Waals surface area (Å²) in [6.45, 7) is 2.65. The molecule has 1 aliphatic heterocycles. The first-order chi connectivity index (χ1) is 15.5. The van der Waals surface area contributed by atoms with Crippen molar-refractivity contribution in [1.82, 2.24) is 5.32 Å². The molecule has 1 heterocycles. The van der Waals surface area contributed by atoms with Crippen LogP contribution in [0.3, 0.4) is 0 Å². The van der Waals surface area contributed by atoms with Gasteiger partial charge in [0.2, 0.25) is 0 Å². The quantitative estimate of drug-likeness (QED) is 0.462. The van der Waals surface area contributed by atoms with E-state index in [1.165, 1.54) is 27.0 Å². The number of halogens is 7. The summed E-state index contributed by atoms with van der Waals surface area (Å²) in [6, 6.07) is 3.96. The van der Waals surface area contributed by atoms with Crippen LogP contribution in [0, 0.1) is 5.82 Å². The molecule has 5 nitrogen and oxygen atoms in total. The fourth-order valence-corrected chi connectivity index (χ4v) is 4.01. The smallest absolute Gasteiger partial charge is 0.355 e. The molecule has 1 aliphatic rings. The summed E-state index contributed by atoms with van der Waals surface area (Å²) in [5.41, 5.74) is -5.93. The predicted octanol–water partition coefficient (Wildman–Crippen LogP) is 5.14. The van der Waals surface area contributed by atoms with Crippen LogP contribution in [-0.2, 0) is 17.1 Å². The van der Waals surface area contributed by atoms with Crippen molar-refractivity contribution in [3.63, 3.8) is 0 Å². The van der Waals surface area contributed by atoms with Crippen LogP contribution in [0.5, 0.6) is 0 Å². The standard InChI is InChI=1S/C21H16F7N3O2S/c1-19(2)17(33)30(13-7-10(20(23,24)25)6-11(8-13)21(26,27)28)18(34)31(19)12-4-5-14(15(22)9-12)16(32)29-3/h4-9H,1-3H3,(H,29,32). The summed E-state index contributed by atoms with van der Waals surface area (Å²) in [6.07, 6.45) is -10.3. The molecule has 0 radical (unpaired) electrons. The Morgan fingerprint density at radius 3 is 1.91 bits per heavy atom. The van der Waals surface area contributed by atoms with Gasteiger partial charge in [-0.3, -0.25) is 14.5 Å². The molecule has 1 fully saturated rings. The summed E-state index contributed by atoms with van der Waals surface area (Å²) in [5.74, 6) is -2.63. The van der Waals surface area contributed by atoms with Gasteiger partial charge in [0, 0.05) is 12.7 Å². The maximum absolute atomic E-state index is 14.5. The molecule has 182 valence electrons. The molecule has 0 aliphatic carbocycles. The van der Waals surface area contributed by atoms with Crippen LogP contribution in [0.25, 0.3) is 0 Å². The third-order valence-electron chi connectivity index (χ3n) is 5.18. The lowest BCUT2D eigenvalue weighted by Crippen LogP contribution is -2.44. The molecule has 1 saturated heterocycles. The van der Waals surface area contributed by atoms with Gasteiger partial charge in [-0.1, -0.05) is 0 Å². The van der Waals surface area contributed by atoms with Crippen molar-refractivity contribution in [3.8, 4) is 0 Å². The van der Waals surface area contributed by atoms with Gasteiger partial charge in [0.25, 0.3) is 11.8 Å². The van der Waals surface area contributed by atoms with Gasteiger partial charge in [0.15, 0.2) is 5.11 Å². The number of amides is 2. The van der Waals surface area contributed by atoms with E-state index in [-0.39, 0.29) is 17.3 Å². The molecule has 34 heavy (non-hydrogen) atoms. The number of hydrogen-bond donors (Lipinski definition) is 1. The Morgan fingerprint density at radius 2 is 1.47 bits per heavy atom. The van der Waals surface area contributed by atoms with Crippen LogP contribution in [0.15, 0.2) is 36.4 Å². The molecule has 0 bridgehead atoms. The Morgan fingerprint density at radius 1 is 0.941 bits per heavy atom.